The van der Waals surface area contributed by atoms with Gasteiger partial charge in [-0.25, -0.2) is 0 Å². The van der Waals surface area contributed by atoms with Gasteiger partial charge in [0.25, 0.3) is 11.8 Å². The molecule has 29 heavy (non-hydrogen) atoms. The van der Waals surface area contributed by atoms with E-state index in [2.05, 4.69) is 0 Å². The van der Waals surface area contributed by atoms with E-state index in [1.54, 1.807) is 36.2 Å². The van der Waals surface area contributed by atoms with Crippen molar-refractivity contribution in [1.82, 2.24) is 4.90 Å². The summed E-state index contributed by atoms with van der Waals surface area (Å²) in [5.74, 6) is -0.231. The minimum Gasteiger partial charge on any atom is -0.332 e. The number of amides is 2. The summed E-state index contributed by atoms with van der Waals surface area (Å²) in [6.45, 7) is 4.53. The lowest BCUT2D eigenvalue weighted by molar-refractivity contribution is 0.0690. The Bertz CT molecular complexity index is 968. The van der Waals surface area contributed by atoms with Gasteiger partial charge in [0, 0.05) is 36.4 Å². The van der Waals surface area contributed by atoms with Crippen molar-refractivity contribution < 1.29 is 9.59 Å². The number of hydrogen-bond donors (Lipinski definition) is 0. The van der Waals surface area contributed by atoms with E-state index >= 15 is 0 Å². The first-order valence-electron chi connectivity index (χ1n) is 9.75. The van der Waals surface area contributed by atoms with Crippen molar-refractivity contribution in [2.45, 2.75) is 26.4 Å². The van der Waals surface area contributed by atoms with Crippen LogP contribution in [0.2, 0.25) is 0 Å². The lowest BCUT2D eigenvalue weighted by Crippen LogP contribution is -2.36. The first kappa shape index (κ1) is 20.3. The average molecular weight is 386 g/mol. The Morgan fingerprint density at radius 1 is 0.759 bits per heavy atom. The van der Waals surface area contributed by atoms with Gasteiger partial charge < -0.3 is 9.80 Å². The van der Waals surface area contributed by atoms with Crippen molar-refractivity contribution >= 4 is 17.5 Å². The van der Waals surface area contributed by atoms with Gasteiger partial charge in [-0.15, -0.1) is 0 Å². The maximum Gasteiger partial charge on any atom is 0.258 e. The SMILES string of the molecule is CC(C)N(Cc1ccccc1)C(=O)c1cccc(C(=O)N(C)c2ccccc2)c1. The molecule has 0 bridgehead atoms. The molecule has 2 amide bonds. The molecule has 3 aromatic rings. The van der Waals surface area contributed by atoms with Crippen LogP contribution >= 0.6 is 0 Å². The van der Waals surface area contributed by atoms with Crippen LogP contribution in [-0.4, -0.2) is 29.8 Å². The molecule has 0 aromatic heterocycles. The van der Waals surface area contributed by atoms with E-state index in [9.17, 15) is 9.59 Å². The Balaban J connectivity index is 1.83. The maximum absolute atomic E-state index is 13.2. The molecule has 0 aliphatic heterocycles. The average Bonchev–Trinajstić information content (AvgIpc) is 2.77. The van der Waals surface area contributed by atoms with E-state index in [4.69, 9.17) is 0 Å². The van der Waals surface area contributed by atoms with Crippen LogP contribution in [0.4, 0.5) is 5.69 Å². The Morgan fingerprint density at radius 2 is 1.31 bits per heavy atom. The highest BCUT2D eigenvalue weighted by atomic mass is 16.2. The molecule has 0 atom stereocenters. The third-order valence-electron chi connectivity index (χ3n) is 4.88. The maximum atomic E-state index is 13.2. The highest BCUT2D eigenvalue weighted by Crippen LogP contribution is 2.18. The standard InChI is InChI=1S/C25H26N2O2/c1-19(2)27(18-20-11-6-4-7-12-20)25(29)22-14-10-13-21(17-22)24(28)26(3)23-15-8-5-9-16-23/h4-17,19H,18H2,1-3H3. The number of hydrogen-bond acceptors (Lipinski definition) is 2. The molecule has 4 nitrogen and oxygen atoms in total. The largest absolute Gasteiger partial charge is 0.332 e. The van der Waals surface area contributed by atoms with Gasteiger partial charge in [0.15, 0.2) is 0 Å². The molecular weight excluding hydrogens is 360 g/mol. The topological polar surface area (TPSA) is 40.6 Å². The zero-order valence-corrected chi connectivity index (χ0v) is 17.1. The van der Waals surface area contributed by atoms with E-state index in [0.717, 1.165) is 11.3 Å². The summed E-state index contributed by atoms with van der Waals surface area (Å²) in [7, 11) is 1.74. The van der Waals surface area contributed by atoms with Crippen LogP contribution < -0.4 is 4.90 Å². The number of carbonyl (C=O) groups excluding carboxylic acids is 2. The van der Waals surface area contributed by atoms with Gasteiger partial charge in [0.1, 0.15) is 0 Å². The van der Waals surface area contributed by atoms with Crippen LogP contribution in [0.5, 0.6) is 0 Å². The smallest absolute Gasteiger partial charge is 0.258 e. The zero-order chi connectivity index (χ0) is 20.8. The Morgan fingerprint density at radius 3 is 1.90 bits per heavy atom. The fourth-order valence-electron chi connectivity index (χ4n) is 3.18. The van der Waals surface area contributed by atoms with Crippen LogP contribution in [0.15, 0.2) is 84.9 Å². The monoisotopic (exact) mass is 386 g/mol. The van der Waals surface area contributed by atoms with E-state index in [-0.39, 0.29) is 17.9 Å². The number of anilines is 1. The third kappa shape index (κ3) is 4.91. The minimum absolute atomic E-state index is 0.0362. The molecule has 0 aliphatic rings. The Kier molecular flexibility index (Phi) is 6.45. The number of benzene rings is 3. The quantitative estimate of drug-likeness (QED) is 0.597. The minimum atomic E-state index is -0.148. The second kappa shape index (κ2) is 9.20. The summed E-state index contributed by atoms with van der Waals surface area (Å²) in [6.07, 6.45) is 0. The molecule has 3 rings (SSSR count). The van der Waals surface area contributed by atoms with Gasteiger partial charge in [-0.1, -0.05) is 54.6 Å². The summed E-state index contributed by atoms with van der Waals surface area (Å²) in [6, 6.07) is 26.4. The normalized spacial score (nSPS) is 10.6. The highest BCUT2D eigenvalue weighted by molar-refractivity contribution is 6.07. The Hall–Kier alpha value is -3.40. The van der Waals surface area contributed by atoms with Crippen molar-refractivity contribution in [3.05, 3.63) is 102 Å². The fraction of sp³-hybridized carbons (Fsp3) is 0.200. The van der Waals surface area contributed by atoms with E-state index in [1.165, 1.54) is 0 Å². The van der Waals surface area contributed by atoms with Gasteiger partial charge in [-0.2, -0.15) is 0 Å². The van der Waals surface area contributed by atoms with E-state index in [1.807, 2.05) is 79.4 Å². The first-order chi connectivity index (χ1) is 14.0. The number of carbonyl (C=O) groups is 2. The molecule has 0 radical (unpaired) electrons. The highest BCUT2D eigenvalue weighted by Gasteiger charge is 2.21. The summed E-state index contributed by atoms with van der Waals surface area (Å²) in [5.41, 5.74) is 2.89. The summed E-state index contributed by atoms with van der Waals surface area (Å²) in [5, 5.41) is 0. The lowest BCUT2D eigenvalue weighted by atomic mass is 10.1. The van der Waals surface area contributed by atoms with Gasteiger partial charge in [0.05, 0.1) is 0 Å². The molecular formula is C25H26N2O2. The number of para-hydroxylation sites is 1. The van der Waals surface area contributed by atoms with E-state index < -0.39 is 0 Å². The fourth-order valence-corrected chi connectivity index (χ4v) is 3.18. The van der Waals surface area contributed by atoms with Crippen LogP contribution in [0.25, 0.3) is 0 Å². The summed E-state index contributed by atoms with van der Waals surface area (Å²) < 4.78 is 0. The molecule has 0 heterocycles. The molecule has 0 spiro atoms. The van der Waals surface area contributed by atoms with Crippen molar-refractivity contribution in [2.24, 2.45) is 0 Å². The predicted octanol–water partition coefficient (Wildman–Crippen LogP) is 5.01. The summed E-state index contributed by atoms with van der Waals surface area (Å²) >= 11 is 0. The molecule has 0 unspecified atom stereocenters. The van der Waals surface area contributed by atoms with Crippen LogP contribution in [0.3, 0.4) is 0 Å². The van der Waals surface area contributed by atoms with Crippen molar-refractivity contribution in [3.8, 4) is 0 Å². The third-order valence-corrected chi connectivity index (χ3v) is 4.88. The first-order valence-corrected chi connectivity index (χ1v) is 9.75. The second-order valence-electron chi connectivity index (χ2n) is 7.29. The number of nitrogens with zero attached hydrogens (tertiary/aromatic N) is 2. The molecule has 4 heteroatoms. The molecule has 0 saturated carbocycles. The molecule has 0 saturated heterocycles. The van der Waals surface area contributed by atoms with Crippen LogP contribution in [-0.2, 0) is 6.54 Å². The van der Waals surface area contributed by atoms with Gasteiger partial charge in [-0.3, -0.25) is 9.59 Å². The van der Waals surface area contributed by atoms with Crippen LogP contribution in [0, 0.1) is 0 Å². The van der Waals surface area contributed by atoms with E-state index in [0.29, 0.717) is 17.7 Å². The number of rotatable bonds is 6. The zero-order valence-electron chi connectivity index (χ0n) is 17.1. The van der Waals surface area contributed by atoms with Crippen molar-refractivity contribution in [1.29, 1.82) is 0 Å². The van der Waals surface area contributed by atoms with Crippen molar-refractivity contribution in [2.75, 3.05) is 11.9 Å². The van der Waals surface area contributed by atoms with Gasteiger partial charge in [0.2, 0.25) is 0 Å². The predicted molar refractivity (Wildman–Crippen MR) is 117 cm³/mol. The van der Waals surface area contributed by atoms with Gasteiger partial charge in [-0.05, 0) is 49.7 Å². The molecule has 0 N–H and O–H groups in total. The van der Waals surface area contributed by atoms with Gasteiger partial charge >= 0.3 is 0 Å². The van der Waals surface area contributed by atoms with Crippen LogP contribution in [0.1, 0.15) is 40.1 Å². The molecule has 148 valence electrons. The Labute approximate surface area is 172 Å². The molecule has 0 fully saturated rings. The second-order valence-corrected chi connectivity index (χ2v) is 7.29. The molecule has 3 aromatic carbocycles. The lowest BCUT2D eigenvalue weighted by Gasteiger charge is -2.27. The van der Waals surface area contributed by atoms with Crippen molar-refractivity contribution in [3.63, 3.8) is 0 Å². The summed E-state index contributed by atoms with van der Waals surface area (Å²) in [4.78, 5) is 29.5. The molecule has 0 aliphatic carbocycles.